The van der Waals surface area contributed by atoms with Crippen molar-refractivity contribution in [2.24, 2.45) is 0 Å². The lowest BCUT2D eigenvalue weighted by Crippen LogP contribution is -1.83. The number of pyridine rings is 1. The van der Waals surface area contributed by atoms with Gasteiger partial charge in [0.05, 0.1) is 6.26 Å². The Morgan fingerprint density at radius 3 is 3.05 bits per heavy atom. The van der Waals surface area contributed by atoms with Crippen LogP contribution in [0, 0.1) is 0 Å². The minimum absolute atomic E-state index is 0.524. The van der Waals surface area contributed by atoms with Crippen molar-refractivity contribution >= 4 is 22.0 Å². The molecule has 1 aromatic carbocycles. The van der Waals surface area contributed by atoms with E-state index >= 15 is 0 Å². The third kappa shape index (κ3) is 1.61. The van der Waals surface area contributed by atoms with Crippen LogP contribution in [0.3, 0.4) is 0 Å². The minimum atomic E-state index is 0.524. The molecule has 3 heterocycles. The van der Waals surface area contributed by atoms with Crippen molar-refractivity contribution in [1.29, 1.82) is 0 Å². The first-order valence-electron chi connectivity index (χ1n) is 6.03. The van der Waals surface area contributed by atoms with Crippen molar-refractivity contribution in [3.63, 3.8) is 0 Å². The molecule has 4 nitrogen and oxygen atoms in total. The maximum Gasteiger partial charge on any atom is 0.195 e. The molecule has 0 bridgehead atoms. The maximum absolute atomic E-state index is 5.68. The summed E-state index contributed by atoms with van der Waals surface area (Å²) < 4.78 is 11.3. The van der Waals surface area contributed by atoms with Gasteiger partial charge in [-0.15, -0.1) is 0 Å². The number of fused-ring (bicyclic) bond motifs is 1. The van der Waals surface area contributed by atoms with Gasteiger partial charge < -0.3 is 9.15 Å². The first kappa shape index (κ1) is 10.3. The summed E-state index contributed by atoms with van der Waals surface area (Å²) in [5, 5.41) is 2.07. The summed E-state index contributed by atoms with van der Waals surface area (Å²) >= 11 is 0. The zero-order chi connectivity index (χ0) is 12.7. The molecule has 0 atom stereocenters. The molecule has 0 spiro atoms. The van der Waals surface area contributed by atoms with Crippen molar-refractivity contribution in [3.05, 3.63) is 54.6 Å². The van der Waals surface area contributed by atoms with Crippen molar-refractivity contribution in [3.8, 4) is 5.75 Å². The van der Waals surface area contributed by atoms with Crippen LogP contribution in [0.25, 0.3) is 22.0 Å². The zero-order valence-corrected chi connectivity index (χ0v) is 10.0. The summed E-state index contributed by atoms with van der Waals surface area (Å²) in [4.78, 5) is 8.62. The number of ether oxygens (including phenoxy) is 1. The molecule has 0 unspecified atom stereocenters. The fraction of sp³-hybridized carbons (Fsp3) is 0.0667. The van der Waals surface area contributed by atoms with Crippen LogP contribution in [0.15, 0.2) is 53.4 Å². The van der Waals surface area contributed by atoms with E-state index < -0.39 is 0 Å². The molecule has 0 fully saturated rings. The van der Waals surface area contributed by atoms with E-state index in [4.69, 9.17) is 9.15 Å². The molecule has 1 aliphatic rings. The lowest BCUT2D eigenvalue weighted by Gasteiger charge is -1.95. The average molecular weight is 250 g/mol. The summed E-state index contributed by atoms with van der Waals surface area (Å²) in [7, 11) is 0. The molecule has 0 saturated heterocycles. The van der Waals surface area contributed by atoms with Crippen LogP contribution in [-0.4, -0.2) is 9.97 Å². The molecule has 3 aromatic rings. The third-order valence-electron chi connectivity index (χ3n) is 3.17. The molecule has 92 valence electrons. The topological polar surface area (TPSA) is 48.2 Å². The van der Waals surface area contributed by atoms with Gasteiger partial charge in [-0.25, -0.2) is 9.97 Å². The largest absolute Gasteiger partial charge is 0.488 e. The van der Waals surface area contributed by atoms with Gasteiger partial charge in [-0.2, -0.15) is 0 Å². The van der Waals surface area contributed by atoms with Crippen molar-refractivity contribution in [1.82, 2.24) is 9.97 Å². The SMILES string of the molecule is c1cc2c3c(coc4cccnc4ncc3c1)CO2. The highest BCUT2D eigenvalue weighted by Gasteiger charge is 2.14. The smallest absolute Gasteiger partial charge is 0.195 e. The Bertz CT molecular complexity index is 838. The van der Waals surface area contributed by atoms with Crippen LogP contribution in [-0.2, 0) is 6.61 Å². The molecule has 1 aliphatic heterocycles. The van der Waals surface area contributed by atoms with Gasteiger partial charge in [0.1, 0.15) is 12.4 Å². The Morgan fingerprint density at radius 1 is 1.05 bits per heavy atom. The van der Waals surface area contributed by atoms with Crippen molar-refractivity contribution in [2.75, 3.05) is 0 Å². The fourth-order valence-electron chi connectivity index (χ4n) is 2.28. The fourth-order valence-corrected chi connectivity index (χ4v) is 2.28. The number of benzene rings is 1. The highest BCUT2D eigenvalue weighted by Crippen LogP contribution is 2.33. The Labute approximate surface area is 109 Å². The number of nitrogens with zero attached hydrogens (tertiary/aromatic N) is 2. The highest BCUT2D eigenvalue weighted by atomic mass is 16.5. The van der Waals surface area contributed by atoms with Gasteiger partial charge in [0, 0.05) is 28.7 Å². The van der Waals surface area contributed by atoms with Gasteiger partial charge in [0.15, 0.2) is 11.2 Å². The van der Waals surface area contributed by atoms with E-state index in [-0.39, 0.29) is 0 Å². The van der Waals surface area contributed by atoms with Gasteiger partial charge in [0.2, 0.25) is 0 Å². The van der Waals surface area contributed by atoms with Crippen LogP contribution in [0.1, 0.15) is 5.56 Å². The third-order valence-corrected chi connectivity index (χ3v) is 3.17. The summed E-state index contributed by atoms with van der Waals surface area (Å²) in [6, 6.07) is 9.61. The summed E-state index contributed by atoms with van der Waals surface area (Å²) in [6.45, 7) is 0.524. The highest BCUT2D eigenvalue weighted by molar-refractivity contribution is 5.91. The van der Waals surface area contributed by atoms with E-state index in [9.17, 15) is 0 Å². The quantitative estimate of drug-likeness (QED) is 0.613. The second-order valence-corrected chi connectivity index (χ2v) is 4.35. The summed E-state index contributed by atoms with van der Waals surface area (Å²) in [5.74, 6) is 0.873. The monoisotopic (exact) mass is 250 g/mol. The van der Waals surface area contributed by atoms with E-state index in [0.717, 1.165) is 22.1 Å². The standard InChI is InChI=1S/C15H10N2O2/c1-3-10-7-17-15-13(5-2-6-16-15)19-9-11-8-18-12(4-1)14(10)11/h1-7,9H,8H2. The predicted octanol–water partition coefficient (Wildman–Crippen LogP) is 3.39. The van der Waals surface area contributed by atoms with Crippen LogP contribution < -0.4 is 4.74 Å². The van der Waals surface area contributed by atoms with Crippen LogP contribution in [0.5, 0.6) is 5.75 Å². The number of aromatic nitrogens is 2. The average Bonchev–Trinajstić information content (AvgIpc) is 2.89. The van der Waals surface area contributed by atoms with Gasteiger partial charge in [-0.1, -0.05) is 12.1 Å². The number of hydrogen-bond donors (Lipinski definition) is 0. The molecule has 0 radical (unpaired) electrons. The number of rotatable bonds is 0. The van der Waals surface area contributed by atoms with E-state index in [1.54, 1.807) is 12.5 Å². The van der Waals surface area contributed by atoms with Crippen LogP contribution >= 0.6 is 0 Å². The summed E-state index contributed by atoms with van der Waals surface area (Å²) in [5.41, 5.74) is 2.25. The maximum atomic E-state index is 5.68. The lowest BCUT2D eigenvalue weighted by atomic mass is 10.1. The minimum Gasteiger partial charge on any atom is -0.488 e. The van der Waals surface area contributed by atoms with Gasteiger partial charge in [-0.05, 0) is 18.2 Å². The first-order valence-corrected chi connectivity index (χ1v) is 6.03. The van der Waals surface area contributed by atoms with Gasteiger partial charge in [0.25, 0.3) is 0 Å². The Hall–Kier alpha value is -2.62. The molecule has 0 saturated carbocycles. The lowest BCUT2D eigenvalue weighted by molar-refractivity contribution is 0.324. The van der Waals surface area contributed by atoms with E-state index in [1.165, 1.54) is 0 Å². The van der Waals surface area contributed by atoms with E-state index in [2.05, 4.69) is 9.97 Å². The van der Waals surface area contributed by atoms with Crippen LogP contribution in [0.4, 0.5) is 0 Å². The molecule has 0 N–H and O–H groups in total. The zero-order valence-electron chi connectivity index (χ0n) is 10.0. The first-order chi connectivity index (χ1) is 9.42. The van der Waals surface area contributed by atoms with Crippen LogP contribution in [0.2, 0.25) is 0 Å². The molecule has 0 amide bonds. The van der Waals surface area contributed by atoms with Crippen molar-refractivity contribution < 1.29 is 9.15 Å². The second-order valence-electron chi connectivity index (χ2n) is 4.35. The Balaban J connectivity index is 2.22. The van der Waals surface area contributed by atoms with Gasteiger partial charge in [-0.3, -0.25) is 0 Å². The molecule has 4 rings (SSSR count). The molecule has 19 heavy (non-hydrogen) atoms. The molecular formula is C15H10N2O2. The predicted molar refractivity (Wildman–Crippen MR) is 71.3 cm³/mol. The molecule has 2 aromatic heterocycles. The normalized spacial score (nSPS) is 12.4. The number of hydrogen-bond acceptors (Lipinski definition) is 4. The molecule has 4 heteroatoms. The van der Waals surface area contributed by atoms with Crippen molar-refractivity contribution in [2.45, 2.75) is 6.61 Å². The Kier molecular flexibility index (Phi) is 2.14. The van der Waals surface area contributed by atoms with E-state index in [1.807, 2.05) is 36.5 Å². The molecular weight excluding hydrogens is 240 g/mol. The Morgan fingerprint density at radius 2 is 2.05 bits per heavy atom. The summed E-state index contributed by atoms with van der Waals surface area (Å²) in [6.07, 6.45) is 5.24. The van der Waals surface area contributed by atoms with E-state index in [0.29, 0.717) is 17.8 Å². The second kappa shape index (κ2) is 3.95. The molecule has 0 aliphatic carbocycles. The van der Waals surface area contributed by atoms with Gasteiger partial charge >= 0.3 is 0 Å².